The van der Waals surface area contributed by atoms with Crippen LogP contribution in [0, 0.1) is 11.8 Å². The second-order valence-corrected chi connectivity index (χ2v) is 4.57. The highest BCUT2D eigenvalue weighted by Gasteiger charge is 2.25. The van der Waals surface area contributed by atoms with Crippen molar-refractivity contribution >= 4 is 0 Å². The van der Waals surface area contributed by atoms with Crippen molar-refractivity contribution in [3.05, 3.63) is 0 Å². The highest BCUT2D eigenvalue weighted by Crippen LogP contribution is 2.22. The number of piperidine rings is 1. The molecule has 3 nitrogen and oxygen atoms in total. The van der Waals surface area contributed by atoms with Gasteiger partial charge in [0.1, 0.15) is 0 Å². The number of rotatable bonds is 4. The molecule has 1 heterocycles. The minimum Gasteiger partial charge on any atom is -0.380 e. The van der Waals surface area contributed by atoms with Gasteiger partial charge in [0.2, 0.25) is 0 Å². The average molecular weight is 200 g/mol. The molecule has 0 bridgehead atoms. The normalized spacial score (nSPS) is 31.7. The van der Waals surface area contributed by atoms with Crippen molar-refractivity contribution in [2.75, 3.05) is 33.3 Å². The van der Waals surface area contributed by atoms with Gasteiger partial charge < -0.3 is 15.4 Å². The molecule has 0 aromatic rings. The summed E-state index contributed by atoms with van der Waals surface area (Å²) in [4.78, 5) is 2.49. The summed E-state index contributed by atoms with van der Waals surface area (Å²) in [6.07, 6.45) is 1.59. The molecule has 0 radical (unpaired) electrons. The van der Waals surface area contributed by atoms with E-state index >= 15 is 0 Å². The molecule has 3 atom stereocenters. The van der Waals surface area contributed by atoms with Gasteiger partial charge in [0.15, 0.2) is 0 Å². The summed E-state index contributed by atoms with van der Waals surface area (Å²) < 4.78 is 5.27. The van der Waals surface area contributed by atoms with Crippen molar-refractivity contribution in [3.8, 4) is 0 Å². The molecule has 0 spiro atoms. The molecule has 1 rings (SSSR count). The molecule has 0 aromatic carbocycles. The summed E-state index contributed by atoms with van der Waals surface area (Å²) >= 11 is 0. The molecule has 84 valence electrons. The van der Waals surface area contributed by atoms with Crippen LogP contribution >= 0.6 is 0 Å². The van der Waals surface area contributed by atoms with Crippen LogP contribution in [0.3, 0.4) is 0 Å². The Morgan fingerprint density at radius 1 is 1.57 bits per heavy atom. The van der Waals surface area contributed by atoms with E-state index in [1.807, 2.05) is 0 Å². The first kappa shape index (κ1) is 12.0. The Bertz CT molecular complexity index is 163. The first-order chi connectivity index (χ1) is 6.67. The summed E-state index contributed by atoms with van der Waals surface area (Å²) in [5, 5.41) is 0. The van der Waals surface area contributed by atoms with Crippen molar-refractivity contribution in [3.63, 3.8) is 0 Å². The Kier molecular flexibility index (Phi) is 4.85. The molecule has 14 heavy (non-hydrogen) atoms. The van der Waals surface area contributed by atoms with Gasteiger partial charge in [-0.05, 0) is 38.3 Å². The zero-order valence-corrected chi connectivity index (χ0v) is 9.70. The van der Waals surface area contributed by atoms with E-state index in [1.54, 1.807) is 7.11 Å². The third kappa shape index (κ3) is 3.23. The molecular formula is C11H24N2O. The van der Waals surface area contributed by atoms with Gasteiger partial charge in [0.05, 0.1) is 6.10 Å². The molecule has 0 aromatic heterocycles. The zero-order valence-electron chi connectivity index (χ0n) is 9.70. The first-order valence-corrected chi connectivity index (χ1v) is 5.62. The van der Waals surface area contributed by atoms with Crippen molar-refractivity contribution in [2.45, 2.75) is 26.4 Å². The lowest BCUT2D eigenvalue weighted by molar-refractivity contribution is 0.0488. The zero-order chi connectivity index (χ0) is 10.6. The molecule has 1 aliphatic rings. The van der Waals surface area contributed by atoms with Gasteiger partial charge in [0.25, 0.3) is 0 Å². The van der Waals surface area contributed by atoms with Gasteiger partial charge in [-0.25, -0.2) is 0 Å². The summed E-state index contributed by atoms with van der Waals surface area (Å²) in [5.74, 6) is 1.46. The van der Waals surface area contributed by atoms with Crippen LogP contribution in [0.2, 0.25) is 0 Å². The van der Waals surface area contributed by atoms with Crippen molar-refractivity contribution in [1.82, 2.24) is 4.90 Å². The number of nitrogens with zero attached hydrogens (tertiary/aromatic N) is 1. The van der Waals surface area contributed by atoms with E-state index in [1.165, 1.54) is 19.5 Å². The van der Waals surface area contributed by atoms with Gasteiger partial charge in [-0.1, -0.05) is 6.92 Å². The van der Waals surface area contributed by atoms with Crippen LogP contribution in [0.15, 0.2) is 0 Å². The largest absolute Gasteiger partial charge is 0.380 e. The summed E-state index contributed by atoms with van der Waals surface area (Å²) in [5.41, 5.74) is 5.72. The standard InChI is InChI=1S/C11H24N2O/c1-9-7-13(8-10(2)14-3)5-4-11(9)6-12/h9-11H,4-8,12H2,1-3H3. The predicted octanol–water partition coefficient (Wildman–Crippen LogP) is 0.938. The number of hydrogen-bond donors (Lipinski definition) is 1. The summed E-state index contributed by atoms with van der Waals surface area (Å²) in [7, 11) is 1.78. The Hall–Kier alpha value is -0.120. The molecule has 0 aliphatic carbocycles. The minimum atomic E-state index is 0.344. The van der Waals surface area contributed by atoms with E-state index in [-0.39, 0.29) is 0 Å². The van der Waals surface area contributed by atoms with Crippen molar-refractivity contribution in [1.29, 1.82) is 0 Å². The number of methoxy groups -OCH3 is 1. The van der Waals surface area contributed by atoms with E-state index in [0.29, 0.717) is 6.10 Å². The number of hydrogen-bond acceptors (Lipinski definition) is 3. The van der Waals surface area contributed by atoms with Crippen LogP contribution in [-0.2, 0) is 4.74 Å². The Labute approximate surface area is 87.6 Å². The Balaban J connectivity index is 2.31. The lowest BCUT2D eigenvalue weighted by Gasteiger charge is -2.37. The van der Waals surface area contributed by atoms with Crippen LogP contribution in [0.5, 0.6) is 0 Å². The molecule has 0 amide bonds. The molecule has 3 unspecified atom stereocenters. The third-order valence-corrected chi connectivity index (χ3v) is 3.39. The molecule has 1 fully saturated rings. The van der Waals surface area contributed by atoms with E-state index in [0.717, 1.165) is 24.9 Å². The fourth-order valence-corrected chi connectivity index (χ4v) is 2.23. The van der Waals surface area contributed by atoms with Crippen LogP contribution in [0.25, 0.3) is 0 Å². The number of nitrogens with two attached hydrogens (primary N) is 1. The maximum absolute atomic E-state index is 5.72. The first-order valence-electron chi connectivity index (χ1n) is 5.62. The topological polar surface area (TPSA) is 38.5 Å². The van der Waals surface area contributed by atoms with Gasteiger partial charge in [-0.3, -0.25) is 0 Å². The molecular weight excluding hydrogens is 176 g/mol. The SMILES string of the molecule is COC(C)CN1CCC(CN)C(C)C1. The lowest BCUT2D eigenvalue weighted by atomic mass is 9.87. The molecule has 0 saturated carbocycles. The number of likely N-dealkylation sites (tertiary alicyclic amines) is 1. The Morgan fingerprint density at radius 3 is 2.79 bits per heavy atom. The maximum atomic E-state index is 5.72. The van der Waals surface area contributed by atoms with E-state index in [9.17, 15) is 0 Å². The van der Waals surface area contributed by atoms with Crippen LogP contribution in [0.4, 0.5) is 0 Å². The molecule has 3 heteroatoms. The smallest absolute Gasteiger partial charge is 0.0670 e. The second kappa shape index (κ2) is 5.69. The Morgan fingerprint density at radius 2 is 2.29 bits per heavy atom. The maximum Gasteiger partial charge on any atom is 0.0670 e. The number of ether oxygens (including phenoxy) is 1. The summed E-state index contributed by atoms with van der Waals surface area (Å²) in [6.45, 7) is 8.68. The van der Waals surface area contributed by atoms with E-state index in [2.05, 4.69) is 18.7 Å². The summed E-state index contributed by atoms with van der Waals surface area (Å²) in [6, 6.07) is 0. The fourth-order valence-electron chi connectivity index (χ4n) is 2.23. The van der Waals surface area contributed by atoms with Gasteiger partial charge in [-0.2, -0.15) is 0 Å². The second-order valence-electron chi connectivity index (χ2n) is 4.57. The van der Waals surface area contributed by atoms with Gasteiger partial charge in [0, 0.05) is 20.2 Å². The fraction of sp³-hybridized carbons (Fsp3) is 1.00. The van der Waals surface area contributed by atoms with E-state index in [4.69, 9.17) is 10.5 Å². The lowest BCUT2D eigenvalue weighted by Crippen LogP contribution is -2.44. The third-order valence-electron chi connectivity index (χ3n) is 3.39. The van der Waals surface area contributed by atoms with Crippen molar-refractivity contribution < 1.29 is 4.74 Å². The average Bonchev–Trinajstić information content (AvgIpc) is 2.18. The quantitative estimate of drug-likeness (QED) is 0.734. The minimum absolute atomic E-state index is 0.344. The van der Waals surface area contributed by atoms with Crippen LogP contribution in [-0.4, -0.2) is 44.3 Å². The molecule has 1 aliphatic heterocycles. The predicted molar refractivity (Wildman–Crippen MR) is 59.2 cm³/mol. The van der Waals surface area contributed by atoms with Gasteiger partial charge in [-0.15, -0.1) is 0 Å². The van der Waals surface area contributed by atoms with Crippen LogP contribution in [0.1, 0.15) is 20.3 Å². The molecule has 2 N–H and O–H groups in total. The molecule has 1 saturated heterocycles. The highest BCUT2D eigenvalue weighted by atomic mass is 16.5. The van der Waals surface area contributed by atoms with Crippen LogP contribution < -0.4 is 5.73 Å². The van der Waals surface area contributed by atoms with E-state index < -0.39 is 0 Å². The monoisotopic (exact) mass is 200 g/mol. The van der Waals surface area contributed by atoms with Crippen molar-refractivity contribution in [2.24, 2.45) is 17.6 Å². The highest BCUT2D eigenvalue weighted by molar-refractivity contribution is 4.79. The van der Waals surface area contributed by atoms with Gasteiger partial charge >= 0.3 is 0 Å².